The summed E-state index contributed by atoms with van der Waals surface area (Å²) in [6.45, 7) is 1.93. The van der Waals surface area contributed by atoms with Crippen LogP contribution in [-0.2, 0) is 4.74 Å². The molecule has 0 aliphatic heterocycles. The van der Waals surface area contributed by atoms with Gasteiger partial charge in [0, 0.05) is 5.56 Å². The van der Waals surface area contributed by atoms with Gasteiger partial charge in [-0.1, -0.05) is 12.1 Å². The smallest absolute Gasteiger partial charge is 0.339 e. The largest absolute Gasteiger partial charge is 0.493 e. The highest BCUT2D eigenvalue weighted by atomic mass is 16.5. The van der Waals surface area contributed by atoms with Gasteiger partial charge in [0.15, 0.2) is 17.1 Å². The Morgan fingerprint density at radius 3 is 2.57 bits per heavy atom. The highest BCUT2D eigenvalue weighted by molar-refractivity contribution is 5.98. The summed E-state index contributed by atoms with van der Waals surface area (Å²) in [6.07, 6.45) is 0. The van der Waals surface area contributed by atoms with Crippen LogP contribution in [0.4, 0.5) is 0 Å². The van der Waals surface area contributed by atoms with E-state index < -0.39 is 5.97 Å². The first kappa shape index (κ1) is 19.3. The topological polar surface area (TPSA) is 85.8 Å². The number of para-hydroxylation sites is 2. The van der Waals surface area contributed by atoms with Crippen molar-refractivity contribution in [3.63, 3.8) is 0 Å². The van der Waals surface area contributed by atoms with E-state index in [4.69, 9.17) is 14.2 Å². The second kappa shape index (κ2) is 7.76. The highest BCUT2D eigenvalue weighted by Gasteiger charge is 2.23. The summed E-state index contributed by atoms with van der Waals surface area (Å²) in [6, 6.07) is 16.8. The van der Waals surface area contributed by atoms with Crippen LogP contribution in [0.25, 0.3) is 27.9 Å². The van der Waals surface area contributed by atoms with E-state index in [2.05, 4.69) is 11.1 Å². The fourth-order valence-electron chi connectivity index (χ4n) is 3.52. The molecule has 7 nitrogen and oxygen atoms in total. The molecule has 0 unspecified atom stereocenters. The predicted octanol–water partition coefficient (Wildman–Crippen LogP) is 4.22. The van der Waals surface area contributed by atoms with Crippen molar-refractivity contribution in [3.8, 4) is 28.8 Å². The minimum absolute atomic E-state index is 0.173. The van der Waals surface area contributed by atoms with Crippen LogP contribution in [0.15, 0.2) is 48.5 Å². The van der Waals surface area contributed by atoms with Gasteiger partial charge in [0.25, 0.3) is 0 Å². The average Bonchev–Trinajstić information content (AvgIpc) is 3.17. The van der Waals surface area contributed by atoms with Gasteiger partial charge in [-0.15, -0.1) is 0 Å². The number of rotatable bonds is 5. The number of nitriles is 1. The van der Waals surface area contributed by atoms with Crippen LogP contribution in [0.5, 0.6) is 11.5 Å². The fourth-order valence-corrected chi connectivity index (χ4v) is 3.52. The van der Waals surface area contributed by atoms with E-state index in [1.54, 1.807) is 33.3 Å². The predicted molar refractivity (Wildman–Crippen MR) is 112 cm³/mol. The van der Waals surface area contributed by atoms with Crippen LogP contribution in [0, 0.1) is 11.3 Å². The molecule has 2 aromatic carbocycles. The molecule has 150 valence electrons. The third kappa shape index (κ3) is 2.99. The van der Waals surface area contributed by atoms with E-state index in [9.17, 15) is 10.1 Å². The number of ether oxygens (including phenoxy) is 3. The quantitative estimate of drug-likeness (QED) is 0.466. The molecule has 0 saturated heterocycles. The van der Waals surface area contributed by atoms with Gasteiger partial charge in [0.05, 0.1) is 43.1 Å². The molecule has 0 radical (unpaired) electrons. The van der Waals surface area contributed by atoms with Gasteiger partial charge < -0.3 is 14.2 Å². The Morgan fingerprint density at radius 1 is 1.10 bits per heavy atom. The monoisotopic (exact) mass is 401 g/mol. The van der Waals surface area contributed by atoms with E-state index >= 15 is 0 Å². The second-order valence-corrected chi connectivity index (χ2v) is 6.48. The number of imidazole rings is 1. The van der Waals surface area contributed by atoms with Crippen LogP contribution in [0.2, 0.25) is 0 Å². The second-order valence-electron chi connectivity index (χ2n) is 6.48. The molecular weight excluding hydrogens is 382 g/mol. The zero-order valence-electron chi connectivity index (χ0n) is 16.8. The highest BCUT2D eigenvalue weighted by Crippen LogP contribution is 2.35. The van der Waals surface area contributed by atoms with E-state index in [0.717, 1.165) is 16.6 Å². The number of carbonyl (C=O) groups excluding carboxylic acids is 1. The number of pyridine rings is 1. The molecule has 0 aliphatic carbocycles. The minimum atomic E-state index is -0.565. The molecule has 4 aromatic rings. The molecule has 0 N–H and O–H groups in total. The first-order valence-corrected chi connectivity index (χ1v) is 9.36. The minimum Gasteiger partial charge on any atom is -0.493 e. The Morgan fingerprint density at radius 2 is 1.87 bits per heavy atom. The number of hydrogen-bond acceptors (Lipinski definition) is 6. The van der Waals surface area contributed by atoms with E-state index in [0.29, 0.717) is 22.8 Å². The molecule has 0 atom stereocenters. The van der Waals surface area contributed by atoms with Gasteiger partial charge in [0.1, 0.15) is 11.6 Å². The van der Waals surface area contributed by atoms with Gasteiger partial charge in [-0.2, -0.15) is 5.26 Å². The summed E-state index contributed by atoms with van der Waals surface area (Å²) in [5.74, 6) is 0.576. The molecule has 0 spiro atoms. The molecule has 0 amide bonds. The van der Waals surface area contributed by atoms with Crippen molar-refractivity contribution in [2.75, 3.05) is 20.8 Å². The number of benzene rings is 2. The van der Waals surface area contributed by atoms with Crippen LogP contribution in [-0.4, -0.2) is 36.2 Å². The summed E-state index contributed by atoms with van der Waals surface area (Å²) in [7, 11) is 3.13. The van der Waals surface area contributed by atoms with Crippen molar-refractivity contribution in [1.29, 1.82) is 5.26 Å². The lowest BCUT2D eigenvalue weighted by Gasteiger charge is -2.14. The normalized spacial score (nSPS) is 10.7. The lowest BCUT2D eigenvalue weighted by atomic mass is 10.0. The van der Waals surface area contributed by atoms with Crippen molar-refractivity contribution in [1.82, 2.24) is 9.38 Å². The maximum atomic E-state index is 12.6. The third-order valence-electron chi connectivity index (χ3n) is 4.86. The Labute approximate surface area is 173 Å². The number of fused-ring (bicyclic) bond motifs is 3. The molecule has 2 aromatic heterocycles. The van der Waals surface area contributed by atoms with E-state index in [1.165, 1.54) is 0 Å². The summed E-state index contributed by atoms with van der Waals surface area (Å²) < 4.78 is 17.9. The van der Waals surface area contributed by atoms with Gasteiger partial charge >= 0.3 is 5.97 Å². The molecule has 0 saturated carbocycles. The summed E-state index contributed by atoms with van der Waals surface area (Å²) in [5, 5.41) is 9.82. The first-order valence-electron chi connectivity index (χ1n) is 9.36. The van der Waals surface area contributed by atoms with Crippen molar-refractivity contribution in [3.05, 3.63) is 59.7 Å². The Hall–Kier alpha value is -4.05. The molecule has 0 bridgehead atoms. The standard InChI is InChI=1S/C23H19N3O4/c1-4-30-23(27)15-12-19(14-9-10-20(28-2)21(11-14)29-3)26-18-8-6-5-7-17(18)25-22(26)16(15)13-24/h5-12H,4H2,1-3H3. The van der Waals surface area contributed by atoms with E-state index in [-0.39, 0.29) is 17.7 Å². The zero-order valence-corrected chi connectivity index (χ0v) is 16.8. The maximum absolute atomic E-state index is 12.6. The first-order chi connectivity index (χ1) is 14.6. The van der Waals surface area contributed by atoms with Gasteiger partial charge in [-0.3, -0.25) is 4.40 Å². The van der Waals surface area contributed by atoms with Crippen LogP contribution in [0.1, 0.15) is 22.8 Å². The number of esters is 1. The number of nitrogens with zero attached hydrogens (tertiary/aromatic N) is 3. The average molecular weight is 401 g/mol. The van der Waals surface area contributed by atoms with Gasteiger partial charge in [-0.05, 0) is 43.3 Å². The fraction of sp³-hybridized carbons (Fsp3) is 0.174. The summed E-state index contributed by atoms with van der Waals surface area (Å²) in [5.41, 5.74) is 3.74. The summed E-state index contributed by atoms with van der Waals surface area (Å²) >= 11 is 0. The number of carbonyl (C=O) groups is 1. The maximum Gasteiger partial charge on any atom is 0.339 e. The molecule has 0 aliphatic rings. The molecule has 7 heteroatoms. The number of aromatic nitrogens is 2. The summed E-state index contributed by atoms with van der Waals surface area (Å²) in [4.78, 5) is 17.3. The van der Waals surface area contributed by atoms with Crippen LogP contribution >= 0.6 is 0 Å². The SMILES string of the molecule is CCOC(=O)c1cc(-c2ccc(OC)c(OC)c2)n2c(nc3ccccc32)c1C#N. The molecule has 4 rings (SSSR count). The van der Waals surface area contributed by atoms with Gasteiger partial charge in [0.2, 0.25) is 0 Å². The molecule has 0 fully saturated rings. The number of methoxy groups -OCH3 is 2. The Bertz CT molecular complexity index is 1320. The third-order valence-corrected chi connectivity index (χ3v) is 4.86. The van der Waals surface area contributed by atoms with Crippen molar-refractivity contribution in [2.24, 2.45) is 0 Å². The van der Waals surface area contributed by atoms with Crippen molar-refractivity contribution in [2.45, 2.75) is 6.92 Å². The lowest BCUT2D eigenvalue weighted by molar-refractivity contribution is 0.0526. The molecular formula is C23H19N3O4. The van der Waals surface area contributed by atoms with Crippen molar-refractivity contribution < 1.29 is 19.0 Å². The van der Waals surface area contributed by atoms with Crippen LogP contribution < -0.4 is 9.47 Å². The van der Waals surface area contributed by atoms with Gasteiger partial charge in [-0.25, -0.2) is 9.78 Å². The van der Waals surface area contributed by atoms with E-state index in [1.807, 2.05) is 40.8 Å². The Balaban J connectivity index is 2.12. The lowest BCUT2D eigenvalue weighted by Crippen LogP contribution is -2.10. The molecule has 2 heterocycles. The molecule has 30 heavy (non-hydrogen) atoms. The Kier molecular flexibility index (Phi) is 4.98. The zero-order chi connectivity index (χ0) is 21.3. The van der Waals surface area contributed by atoms with Crippen molar-refractivity contribution >= 4 is 22.6 Å². The van der Waals surface area contributed by atoms with Crippen LogP contribution in [0.3, 0.4) is 0 Å². The number of hydrogen-bond donors (Lipinski definition) is 0.